The molecule has 1 radical (unpaired) electrons. The number of allylic oxidation sites excluding steroid dienone is 4. The molecule has 2 aliphatic rings. The minimum absolute atomic E-state index is 0.310. The van der Waals surface area contributed by atoms with E-state index in [-0.39, 0.29) is 0 Å². The van der Waals surface area contributed by atoms with Crippen LogP contribution in [-0.4, -0.2) is 25.0 Å². The predicted octanol–water partition coefficient (Wildman–Crippen LogP) is 4.52. The molecule has 0 amide bonds. The van der Waals surface area contributed by atoms with E-state index in [1.807, 2.05) is 0 Å². The number of benzene rings is 1. The zero-order valence-corrected chi connectivity index (χ0v) is 14.8. The normalized spacial score (nSPS) is 18.7. The van der Waals surface area contributed by atoms with E-state index in [4.69, 9.17) is 0 Å². The van der Waals surface area contributed by atoms with Gasteiger partial charge in [0.25, 0.3) is 0 Å². The van der Waals surface area contributed by atoms with Crippen molar-refractivity contribution in [1.82, 2.24) is 4.90 Å². The summed E-state index contributed by atoms with van der Waals surface area (Å²) in [5.41, 5.74) is 11.0. The highest BCUT2D eigenvalue weighted by atomic mass is 31.1. The first kappa shape index (κ1) is 16.0. The van der Waals surface area contributed by atoms with Gasteiger partial charge in [-0.25, -0.2) is 0 Å². The Labute approximate surface area is 140 Å². The van der Waals surface area contributed by atoms with Crippen molar-refractivity contribution in [2.45, 2.75) is 19.4 Å². The summed E-state index contributed by atoms with van der Waals surface area (Å²) >= 11 is 0. The standard InChI is InChI=1S/C21H21NP/c1-17(22(2)3)20-15-10-16-21(20)23(18-11-6-4-7-12-18)19-13-8-5-9-14-19/h4-9,11-13,17H,14H2,1-3H3. The maximum absolute atomic E-state index is 3.38. The maximum atomic E-state index is 3.38. The van der Waals surface area contributed by atoms with Crippen LogP contribution in [0.1, 0.15) is 13.3 Å². The second-order valence-electron chi connectivity index (χ2n) is 5.93. The number of hydrogen-bond acceptors (Lipinski definition) is 1. The fourth-order valence-corrected chi connectivity index (χ4v) is 5.23. The highest BCUT2D eigenvalue weighted by Gasteiger charge is 2.28. The van der Waals surface area contributed by atoms with E-state index in [1.54, 1.807) is 0 Å². The topological polar surface area (TPSA) is 3.24 Å². The molecule has 3 rings (SSSR count). The fourth-order valence-electron chi connectivity index (χ4n) is 2.70. The molecule has 0 saturated heterocycles. The summed E-state index contributed by atoms with van der Waals surface area (Å²) in [4.78, 5) is 2.22. The van der Waals surface area contributed by atoms with Gasteiger partial charge in [0.2, 0.25) is 0 Å². The highest BCUT2D eigenvalue weighted by Crippen LogP contribution is 2.56. The lowest BCUT2D eigenvalue weighted by molar-refractivity contribution is 0.355. The SMILES string of the molecule is CC(C1=C=C=C=C1P(C1=C[CH]C=CC1)c1ccccc1)N(C)C. The molecule has 2 unspecified atom stereocenters. The Bertz CT molecular complexity index is 778. The van der Waals surface area contributed by atoms with Crippen LogP contribution in [0.3, 0.4) is 0 Å². The van der Waals surface area contributed by atoms with E-state index in [2.05, 4.69) is 98.1 Å². The molecule has 2 heteroatoms. The monoisotopic (exact) mass is 318 g/mol. The van der Waals surface area contributed by atoms with Gasteiger partial charge in [0, 0.05) is 23.3 Å². The van der Waals surface area contributed by atoms with Crippen molar-refractivity contribution in [2.24, 2.45) is 0 Å². The minimum atomic E-state index is -0.576. The van der Waals surface area contributed by atoms with Crippen LogP contribution in [0, 0.1) is 6.42 Å². The molecule has 1 aromatic rings. The Balaban J connectivity index is 2.02. The molecule has 2 atom stereocenters. The van der Waals surface area contributed by atoms with E-state index >= 15 is 0 Å². The molecule has 1 nitrogen and oxygen atoms in total. The molecular weight excluding hydrogens is 297 g/mol. The first-order valence-corrected chi connectivity index (χ1v) is 9.24. The third-order valence-electron chi connectivity index (χ3n) is 4.21. The average molecular weight is 318 g/mol. The summed E-state index contributed by atoms with van der Waals surface area (Å²) < 4.78 is 0. The zero-order chi connectivity index (χ0) is 16.2. The molecule has 2 aliphatic carbocycles. The van der Waals surface area contributed by atoms with Crippen molar-refractivity contribution in [1.29, 1.82) is 0 Å². The molecule has 1 aromatic carbocycles. The van der Waals surface area contributed by atoms with Crippen molar-refractivity contribution in [3.8, 4) is 0 Å². The van der Waals surface area contributed by atoms with Crippen LogP contribution in [0.4, 0.5) is 0 Å². The van der Waals surface area contributed by atoms with E-state index in [0.717, 1.165) is 6.42 Å². The highest BCUT2D eigenvalue weighted by molar-refractivity contribution is 7.74. The molecule has 23 heavy (non-hydrogen) atoms. The maximum Gasteiger partial charge on any atom is 0.0482 e. The van der Waals surface area contributed by atoms with Gasteiger partial charge in [-0.1, -0.05) is 60.0 Å². The van der Waals surface area contributed by atoms with Crippen molar-refractivity contribution in [2.75, 3.05) is 14.1 Å². The van der Waals surface area contributed by atoms with Gasteiger partial charge in [-0.2, -0.15) is 0 Å². The largest absolute Gasteiger partial charge is 0.302 e. The molecule has 0 saturated carbocycles. The Morgan fingerprint density at radius 1 is 1.13 bits per heavy atom. The van der Waals surface area contributed by atoms with Crippen LogP contribution in [-0.2, 0) is 0 Å². The fraction of sp³-hybridized carbons (Fsp3) is 0.238. The van der Waals surface area contributed by atoms with Gasteiger partial charge < -0.3 is 4.90 Å². The third-order valence-corrected chi connectivity index (χ3v) is 6.73. The Kier molecular flexibility index (Phi) is 5.00. The van der Waals surface area contributed by atoms with Crippen LogP contribution in [0.5, 0.6) is 0 Å². The van der Waals surface area contributed by atoms with Crippen molar-refractivity contribution >= 4 is 13.2 Å². The number of rotatable bonds is 5. The average Bonchev–Trinajstić information content (AvgIpc) is 3.05. The molecule has 0 N–H and O–H groups in total. The summed E-state index contributed by atoms with van der Waals surface area (Å²) in [7, 11) is 3.64. The summed E-state index contributed by atoms with van der Waals surface area (Å²) in [6, 6.07) is 11.1. The third kappa shape index (κ3) is 3.41. The quantitative estimate of drug-likeness (QED) is 0.570. The molecule has 0 heterocycles. The predicted molar refractivity (Wildman–Crippen MR) is 99.9 cm³/mol. The van der Waals surface area contributed by atoms with E-state index in [0.29, 0.717) is 6.04 Å². The van der Waals surface area contributed by atoms with Gasteiger partial charge in [0.1, 0.15) is 0 Å². The molecular formula is C21H21NP. The van der Waals surface area contributed by atoms with Gasteiger partial charge in [-0.05, 0) is 51.7 Å². The summed E-state index contributed by atoms with van der Waals surface area (Å²) in [6.45, 7) is 2.22. The summed E-state index contributed by atoms with van der Waals surface area (Å²) in [5.74, 6) is 0. The van der Waals surface area contributed by atoms with Gasteiger partial charge >= 0.3 is 0 Å². The van der Waals surface area contributed by atoms with Crippen LogP contribution in [0.25, 0.3) is 0 Å². The number of likely N-dealkylation sites (N-methyl/N-ethyl adjacent to an activating group) is 1. The van der Waals surface area contributed by atoms with Gasteiger partial charge in [-0.3, -0.25) is 0 Å². The Hall–Kier alpha value is -1.83. The Morgan fingerprint density at radius 3 is 2.57 bits per heavy atom. The molecule has 115 valence electrons. The lowest BCUT2D eigenvalue weighted by atomic mass is 10.1. The minimum Gasteiger partial charge on any atom is -0.302 e. The second kappa shape index (κ2) is 7.16. The van der Waals surface area contributed by atoms with Gasteiger partial charge in [0.15, 0.2) is 0 Å². The van der Waals surface area contributed by atoms with Gasteiger partial charge in [-0.15, -0.1) is 0 Å². The van der Waals surface area contributed by atoms with Crippen LogP contribution in [0.2, 0.25) is 0 Å². The van der Waals surface area contributed by atoms with Crippen molar-refractivity contribution in [3.63, 3.8) is 0 Å². The first-order chi connectivity index (χ1) is 11.2. The van der Waals surface area contributed by atoms with E-state index in [1.165, 1.54) is 21.5 Å². The molecule has 0 bridgehead atoms. The smallest absolute Gasteiger partial charge is 0.0482 e. The van der Waals surface area contributed by atoms with Crippen LogP contribution < -0.4 is 5.30 Å². The van der Waals surface area contributed by atoms with Crippen LogP contribution in [0.15, 0.2) is 82.0 Å². The molecule has 0 aliphatic heterocycles. The van der Waals surface area contributed by atoms with Crippen LogP contribution >= 0.6 is 7.92 Å². The molecule has 0 spiro atoms. The van der Waals surface area contributed by atoms with E-state index in [9.17, 15) is 0 Å². The number of hydrogen-bond donors (Lipinski definition) is 0. The lowest BCUT2D eigenvalue weighted by Gasteiger charge is -2.28. The van der Waals surface area contributed by atoms with E-state index < -0.39 is 7.92 Å². The lowest BCUT2D eigenvalue weighted by Crippen LogP contribution is -2.27. The second-order valence-corrected chi connectivity index (χ2v) is 8.14. The number of nitrogens with zero attached hydrogens (tertiary/aromatic N) is 1. The van der Waals surface area contributed by atoms with Crippen molar-refractivity contribution in [3.05, 3.63) is 88.4 Å². The molecule has 0 aromatic heterocycles. The summed E-state index contributed by atoms with van der Waals surface area (Å²) in [5, 5.41) is 4.10. The Morgan fingerprint density at radius 2 is 1.91 bits per heavy atom. The summed E-state index contributed by atoms with van der Waals surface area (Å²) in [6.07, 6.45) is 9.77. The first-order valence-electron chi connectivity index (χ1n) is 7.90. The molecule has 0 fully saturated rings. The zero-order valence-electron chi connectivity index (χ0n) is 13.9. The van der Waals surface area contributed by atoms with Gasteiger partial charge in [0.05, 0.1) is 0 Å². The van der Waals surface area contributed by atoms with Crippen molar-refractivity contribution < 1.29 is 0 Å².